The minimum atomic E-state index is 0.980. The largest absolute Gasteiger partial charge is 0.353 e. The van der Waals surface area contributed by atoms with E-state index in [-0.39, 0.29) is 0 Å². The summed E-state index contributed by atoms with van der Waals surface area (Å²) < 4.78 is 0. The van der Waals surface area contributed by atoms with Crippen LogP contribution in [0.25, 0.3) is 12.2 Å². The quantitative estimate of drug-likeness (QED) is 0.594. The van der Waals surface area contributed by atoms with Crippen molar-refractivity contribution in [2.24, 2.45) is 0 Å². The van der Waals surface area contributed by atoms with E-state index in [4.69, 9.17) is 0 Å². The van der Waals surface area contributed by atoms with Gasteiger partial charge in [-0.1, -0.05) is 24.3 Å². The highest BCUT2D eigenvalue weighted by atomic mass is 14.9. The van der Waals surface area contributed by atoms with E-state index in [9.17, 15) is 0 Å². The molecule has 0 radical (unpaired) electrons. The lowest BCUT2D eigenvalue weighted by molar-refractivity contribution is 1.29. The van der Waals surface area contributed by atoms with Crippen LogP contribution >= 0.6 is 0 Å². The van der Waals surface area contributed by atoms with E-state index < -0.39 is 0 Å². The fourth-order valence-electron chi connectivity index (χ4n) is 1.73. The molecule has 2 heteroatoms. The summed E-state index contributed by atoms with van der Waals surface area (Å²) in [4.78, 5) is 4.31. The lowest BCUT2D eigenvalue weighted by atomic mass is 10.2. The molecule has 3 rings (SSSR count). The highest BCUT2D eigenvalue weighted by Crippen LogP contribution is 2.28. The van der Waals surface area contributed by atoms with E-state index >= 15 is 0 Å². The Kier molecular flexibility index (Phi) is 1.78. The molecule has 1 aromatic heterocycles. The summed E-state index contributed by atoms with van der Waals surface area (Å²) in [6.07, 6.45) is 5.93. The van der Waals surface area contributed by atoms with Gasteiger partial charge in [0.15, 0.2) is 0 Å². The molecule has 0 saturated carbocycles. The van der Waals surface area contributed by atoms with Gasteiger partial charge >= 0.3 is 0 Å². The summed E-state index contributed by atoms with van der Waals surface area (Å²) in [5.41, 5.74) is 4.35. The molecule has 0 atom stereocenters. The van der Waals surface area contributed by atoms with Crippen LogP contribution in [0.1, 0.15) is 11.3 Å². The molecule has 0 spiro atoms. The van der Waals surface area contributed by atoms with Crippen molar-refractivity contribution in [3.63, 3.8) is 0 Å². The topological polar surface area (TPSA) is 24.9 Å². The third-order valence-electron chi connectivity index (χ3n) is 2.49. The Morgan fingerprint density at radius 1 is 0.867 bits per heavy atom. The Balaban J connectivity index is 2.19. The van der Waals surface area contributed by atoms with E-state index in [0.29, 0.717) is 0 Å². The third kappa shape index (κ3) is 1.40. The summed E-state index contributed by atoms with van der Waals surface area (Å²) in [6.45, 7) is 0. The molecular formula is C13H10N2. The number of rotatable bonds is 0. The molecule has 0 bridgehead atoms. The molecule has 1 aliphatic heterocycles. The van der Waals surface area contributed by atoms with Crippen LogP contribution in [0.4, 0.5) is 11.4 Å². The highest BCUT2D eigenvalue weighted by molar-refractivity contribution is 5.85. The molecule has 1 N–H and O–H groups in total. The van der Waals surface area contributed by atoms with Crippen LogP contribution in [-0.4, -0.2) is 4.98 Å². The summed E-state index contributed by atoms with van der Waals surface area (Å²) in [5, 5.41) is 3.38. The van der Waals surface area contributed by atoms with Gasteiger partial charge in [0.2, 0.25) is 0 Å². The number of para-hydroxylation sites is 1. The standard InChI is InChI=1S/C13H10N2/c1-2-5-11-10(4-1)7-8-12-13(15-11)6-3-9-14-12/h1-9,15H. The van der Waals surface area contributed by atoms with Gasteiger partial charge in [-0.25, -0.2) is 0 Å². The molecule has 2 heterocycles. The van der Waals surface area contributed by atoms with Crippen molar-refractivity contribution in [2.75, 3.05) is 5.32 Å². The van der Waals surface area contributed by atoms with E-state index in [2.05, 4.69) is 28.5 Å². The van der Waals surface area contributed by atoms with Crippen molar-refractivity contribution in [3.8, 4) is 0 Å². The van der Waals surface area contributed by atoms with E-state index in [1.807, 2.05) is 30.3 Å². The first-order chi connectivity index (χ1) is 7.43. The van der Waals surface area contributed by atoms with Gasteiger partial charge in [-0.05, 0) is 29.8 Å². The average molecular weight is 194 g/mol. The fourth-order valence-corrected chi connectivity index (χ4v) is 1.73. The highest BCUT2D eigenvalue weighted by Gasteiger charge is 2.06. The normalized spacial score (nSPS) is 12.3. The number of anilines is 2. The Morgan fingerprint density at radius 3 is 2.73 bits per heavy atom. The first kappa shape index (κ1) is 8.24. The SMILES string of the molecule is C1=Cc2ncccc2Nc2ccccc21. The van der Waals surface area contributed by atoms with Crippen LogP contribution in [0.3, 0.4) is 0 Å². The monoisotopic (exact) mass is 194 g/mol. The second-order valence-electron chi connectivity index (χ2n) is 3.48. The van der Waals surface area contributed by atoms with E-state index in [1.165, 1.54) is 5.56 Å². The van der Waals surface area contributed by atoms with Crippen molar-refractivity contribution >= 4 is 23.5 Å². The first-order valence-corrected chi connectivity index (χ1v) is 4.93. The summed E-state index contributed by atoms with van der Waals surface area (Å²) >= 11 is 0. The lowest BCUT2D eigenvalue weighted by Gasteiger charge is -2.07. The number of hydrogen-bond acceptors (Lipinski definition) is 2. The molecule has 1 aliphatic rings. The smallest absolute Gasteiger partial charge is 0.0864 e. The van der Waals surface area contributed by atoms with Crippen LogP contribution in [0.15, 0.2) is 42.6 Å². The van der Waals surface area contributed by atoms with Crippen LogP contribution in [0.2, 0.25) is 0 Å². The second-order valence-corrected chi connectivity index (χ2v) is 3.48. The first-order valence-electron chi connectivity index (χ1n) is 4.93. The Morgan fingerprint density at radius 2 is 1.73 bits per heavy atom. The van der Waals surface area contributed by atoms with Gasteiger partial charge in [0.1, 0.15) is 0 Å². The molecule has 72 valence electrons. The van der Waals surface area contributed by atoms with Gasteiger partial charge in [0.05, 0.1) is 11.4 Å². The zero-order chi connectivity index (χ0) is 10.1. The summed E-state index contributed by atoms with van der Waals surface area (Å²) in [5.74, 6) is 0. The lowest BCUT2D eigenvalue weighted by Crippen LogP contribution is -1.93. The number of fused-ring (bicyclic) bond motifs is 2. The van der Waals surface area contributed by atoms with Crippen LogP contribution in [0.5, 0.6) is 0 Å². The van der Waals surface area contributed by atoms with Gasteiger partial charge in [-0.2, -0.15) is 0 Å². The molecule has 0 saturated heterocycles. The predicted octanol–water partition coefficient (Wildman–Crippen LogP) is 3.31. The molecule has 2 nitrogen and oxygen atoms in total. The Hall–Kier alpha value is -2.09. The molecule has 2 aromatic rings. The molecule has 15 heavy (non-hydrogen) atoms. The maximum absolute atomic E-state index is 4.31. The van der Waals surface area contributed by atoms with Crippen LogP contribution < -0.4 is 5.32 Å². The number of aromatic nitrogens is 1. The van der Waals surface area contributed by atoms with Gasteiger partial charge < -0.3 is 5.32 Å². The van der Waals surface area contributed by atoms with Crippen molar-refractivity contribution in [1.82, 2.24) is 4.98 Å². The van der Waals surface area contributed by atoms with Gasteiger partial charge in [0, 0.05) is 11.9 Å². The van der Waals surface area contributed by atoms with Crippen LogP contribution in [0, 0.1) is 0 Å². The molecule has 0 unspecified atom stereocenters. The predicted molar refractivity (Wildman–Crippen MR) is 62.9 cm³/mol. The molecule has 0 fully saturated rings. The minimum absolute atomic E-state index is 0.980. The number of benzene rings is 1. The molecular weight excluding hydrogens is 184 g/mol. The van der Waals surface area contributed by atoms with Gasteiger partial charge in [0.25, 0.3) is 0 Å². The fraction of sp³-hybridized carbons (Fsp3) is 0. The summed E-state index contributed by atoms with van der Waals surface area (Å²) in [7, 11) is 0. The number of pyridine rings is 1. The van der Waals surface area contributed by atoms with E-state index in [0.717, 1.165) is 17.1 Å². The average Bonchev–Trinajstić information content (AvgIpc) is 2.48. The van der Waals surface area contributed by atoms with Crippen molar-refractivity contribution in [3.05, 3.63) is 53.9 Å². The number of nitrogens with zero attached hydrogens (tertiary/aromatic N) is 1. The van der Waals surface area contributed by atoms with Crippen molar-refractivity contribution in [2.45, 2.75) is 0 Å². The minimum Gasteiger partial charge on any atom is -0.353 e. The molecule has 0 aliphatic carbocycles. The molecule has 0 amide bonds. The Labute approximate surface area is 88.3 Å². The molecule has 1 aromatic carbocycles. The third-order valence-corrected chi connectivity index (χ3v) is 2.49. The Bertz CT molecular complexity index is 482. The number of nitrogens with one attached hydrogen (secondary N) is 1. The summed E-state index contributed by atoms with van der Waals surface area (Å²) in [6, 6.07) is 12.2. The van der Waals surface area contributed by atoms with E-state index in [1.54, 1.807) is 6.20 Å². The van der Waals surface area contributed by atoms with Crippen LogP contribution in [-0.2, 0) is 0 Å². The number of hydrogen-bond donors (Lipinski definition) is 1. The second kappa shape index (κ2) is 3.24. The zero-order valence-corrected chi connectivity index (χ0v) is 8.14. The van der Waals surface area contributed by atoms with Gasteiger partial charge in [-0.3, -0.25) is 4.98 Å². The maximum Gasteiger partial charge on any atom is 0.0864 e. The van der Waals surface area contributed by atoms with Crippen molar-refractivity contribution < 1.29 is 0 Å². The maximum atomic E-state index is 4.31. The van der Waals surface area contributed by atoms with Gasteiger partial charge in [-0.15, -0.1) is 0 Å². The zero-order valence-electron chi connectivity index (χ0n) is 8.14. The van der Waals surface area contributed by atoms with Crippen molar-refractivity contribution in [1.29, 1.82) is 0 Å².